The van der Waals surface area contributed by atoms with E-state index in [0.29, 0.717) is 17.0 Å². The fourth-order valence-electron chi connectivity index (χ4n) is 3.28. The topological polar surface area (TPSA) is 136 Å². The molecule has 2 aromatic rings. The van der Waals surface area contributed by atoms with E-state index in [4.69, 9.17) is 10.1 Å². The van der Waals surface area contributed by atoms with E-state index < -0.39 is 30.5 Å². The second-order valence-corrected chi connectivity index (χ2v) is 6.16. The lowest BCUT2D eigenvalue weighted by atomic mass is 9.91. The number of ether oxygens (including phenoxy) is 1. The minimum Gasteiger partial charge on any atom is -0.394 e. The van der Waals surface area contributed by atoms with E-state index in [1.54, 1.807) is 22.9 Å². The first kappa shape index (κ1) is 15.2. The van der Waals surface area contributed by atoms with Crippen LogP contribution in [0.2, 0.25) is 0 Å². The predicted octanol–water partition coefficient (Wildman–Crippen LogP) is -0.723. The molecule has 9 nitrogen and oxygen atoms in total. The summed E-state index contributed by atoms with van der Waals surface area (Å²) in [4.78, 5) is 8.29. The number of hydrogen-bond acceptors (Lipinski definition) is 8. The van der Waals surface area contributed by atoms with Crippen molar-refractivity contribution >= 4 is 23.1 Å². The molecule has 0 spiro atoms. The van der Waals surface area contributed by atoms with Gasteiger partial charge < -0.3 is 20.1 Å². The van der Waals surface area contributed by atoms with Crippen LogP contribution in [0.5, 0.6) is 0 Å². The maximum absolute atomic E-state index is 10.7. The lowest BCUT2D eigenvalue weighted by molar-refractivity contribution is -0.0665. The number of aliphatic hydroxyl groups excluding tert-OH is 2. The molecule has 4 heterocycles. The van der Waals surface area contributed by atoms with E-state index in [1.807, 2.05) is 0 Å². The van der Waals surface area contributed by atoms with E-state index in [-0.39, 0.29) is 5.49 Å². The third kappa shape index (κ3) is 1.99. The van der Waals surface area contributed by atoms with Crippen molar-refractivity contribution in [3.05, 3.63) is 29.4 Å². The zero-order chi connectivity index (χ0) is 17.1. The summed E-state index contributed by atoms with van der Waals surface area (Å²) in [7, 11) is 0. The molecule has 0 aromatic carbocycles. The van der Waals surface area contributed by atoms with E-state index in [2.05, 4.69) is 15.4 Å². The molecular formula is C15H17N5O4. The molecule has 4 rings (SSSR count). The predicted molar refractivity (Wildman–Crippen MR) is 84.4 cm³/mol. The Labute approximate surface area is 136 Å². The Kier molecular flexibility index (Phi) is 3.22. The van der Waals surface area contributed by atoms with Gasteiger partial charge in [0.1, 0.15) is 41.3 Å². The smallest absolute Gasteiger partial charge is 0.182 e. The highest BCUT2D eigenvalue weighted by Gasteiger charge is 2.53. The van der Waals surface area contributed by atoms with Crippen LogP contribution in [-0.2, 0) is 4.74 Å². The number of rotatable bonds is 2. The summed E-state index contributed by atoms with van der Waals surface area (Å²) < 4.78 is 7.36. The second-order valence-electron chi connectivity index (χ2n) is 6.16. The molecule has 0 radical (unpaired) electrons. The van der Waals surface area contributed by atoms with E-state index >= 15 is 0 Å². The van der Waals surface area contributed by atoms with Crippen molar-refractivity contribution in [3.8, 4) is 0 Å². The Hall–Kier alpha value is -2.33. The van der Waals surface area contributed by atoms with Crippen LogP contribution in [0.3, 0.4) is 0 Å². The first-order valence-corrected chi connectivity index (χ1v) is 7.50. The minimum atomic E-state index is -1.58. The van der Waals surface area contributed by atoms with Crippen LogP contribution in [0.15, 0.2) is 23.2 Å². The van der Waals surface area contributed by atoms with E-state index in [1.165, 1.54) is 13.3 Å². The van der Waals surface area contributed by atoms with Gasteiger partial charge in [0.15, 0.2) is 5.82 Å². The Balaban J connectivity index is 1.93. The molecule has 0 aliphatic carbocycles. The SMILES string of the molecule is C[C@@]1(O)[C@H](O)[C@@H](CO)O[C@H]1c1cc2ccc(=N)nc3c2n1NC=N3. The van der Waals surface area contributed by atoms with Crippen molar-refractivity contribution in [2.75, 3.05) is 12.0 Å². The Morgan fingerprint density at radius 2 is 2.25 bits per heavy atom. The molecule has 126 valence electrons. The Morgan fingerprint density at radius 3 is 2.96 bits per heavy atom. The molecule has 2 aliphatic rings. The Morgan fingerprint density at radius 1 is 1.46 bits per heavy atom. The largest absolute Gasteiger partial charge is 0.394 e. The molecule has 2 aliphatic heterocycles. The quantitative estimate of drug-likeness (QED) is 0.492. The van der Waals surface area contributed by atoms with Gasteiger partial charge in [-0.3, -0.25) is 15.5 Å². The summed E-state index contributed by atoms with van der Waals surface area (Å²) in [5, 5.41) is 38.7. The van der Waals surface area contributed by atoms with Crippen LogP contribution in [0.4, 0.5) is 5.82 Å². The van der Waals surface area contributed by atoms with Crippen molar-refractivity contribution in [1.29, 1.82) is 5.41 Å². The average Bonchev–Trinajstić information content (AvgIpc) is 2.95. The first-order valence-electron chi connectivity index (χ1n) is 7.50. The van der Waals surface area contributed by atoms with Crippen LogP contribution < -0.4 is 10.9 Å². The van der Waals surface area contributed by atoms with Gasteiger partial charge in [-0.15, -0.1) is 0 Å². The van der Waals surface area contributed by atoms with Gasteiger partial charge in [0.05, 0.1) is 12.3 Å². The van der Waals surface area contributed by atoms with Gasteiger partial charge in [0.25, 0.3) is 0 Å². The molecule has 5 N–H and O–H groups in total. The minimum absolute atomic E-state index is 0.0910. The molecular weight excluding hydrogens is 314 g/mol. The highest BCUT2D eigenvalue weighted by molar-refractivity contribution is 5.93. The highest BCUT2D eigenvalue weighted by Crippen LogP contribution is 2.43. The fourth-order valence-corrected chi connectivity index (χ4v) is 3.28. The normalized spacial score (nSPS) is 31.4. The molecule has 0 amide bonds. The maximum atomic E-state index is 10.7. The molecule has 1 fully saturated rings. The molecule has 1 saturated heterocycles. The molecule has 2 aromatic heterocycles. The number of nitrogens with one attached hydrogen (secondary N) is 2. The third-order valence-electron chi connectivity index (χ3n) is 4.53. The highest BCUT2D eigenvalue weighted by atomic mass is 16.6. The van der Waals surface area contributed by atoms with Crippen LogP contribution in [-0.4, -0.2) is 55.7 Å². The van der Waals surface area contributed by atoms with Crippen molar-refractivity contribution in [2.45, 2.75) is 30.8 Å². The fraction of sp³-hybridized carbons (Fsp3) is 0.400. The maximum Gasteiger partial charge on any atom is 0.182 e. The number of aliphatic hydroxyl groups is 3. The monoisotopic (exact) mass is 331 g/mol. The van der Waals surface area contributed by atoms with Gasteiger partial charge in [-0.05, 0) is 25.1 Å². The summed E-state index contributed by atoms with van der Waals surface area (Å²) in [5.41, 5.74) is 2.69. The number of hydrogen-bond donors (Lipinski definition) is 5. The van der Waals surface area contributed by atoms with Crippen LogP contribution in [0.1, 0.15) is 18.7 Å². The average molecular weight is 331 g/mol. The van der Waals surface area contributed by atoms with Crippen LogP contribution in [0.25, 0.3) is 10.9 Å². The van der Waals surface area contributed by atoms with Gasteiger partial charge in [-0.1, -0.05) is 0 Å². The molecule has 9 heteroatoms. The van der Waals surface area contributed by atoms with Crippen molar-refractivity contribution < 1.29 is 20.1 Å². The summed E-state index contributed by atoms with van der Waals surface area (Å²) in [5.74, 6) is 0.377. The van der Waals surface area contributed by atoms with Crippen molar-refractivity contribution in [3.63, 3.8) is 0 Å². The number of nitrogens with zero attached hydrogens (tertiary/aromatic N) is 3. The van der Waals surface area contributed by atoms with Crippen LogP contribution in [0, 0.1) is 5.41 Å². The summed E-state index contributed by atoms with van der Waals surface area (Å²) >= 11 is 0. The van der Waals surface area contributed by atoms with Gasteiger partial charge in [-0.2, -0.15) is 0 Å². The molecule has 4 atom stereocenters. The lowest BCUT2D eigenvalue weighted by Gasteiger charge is -2.27. The van der Waals surface area contributed by atoms with Gasteiger partial charge in [0.2, 0.25) is 0 Å². The molecule has 0 unspecified atom stereocenters. The summed E-state index contributed by atoms with van der Waals surface area (Å²) in [6, 6.07) is 5.08. The Bertz CT molecular complexity index is 907. The molecule has 24 heavy (non-hydrogen) atoms. The number of aromatic nitrogens is 2. The summed E-state index contributed by atoms with van der Waals surface area (Å²) in [6.45, 7) is 1.08. The van der Waals surface area contributed by atoms with Gasteiger partial charge >= 0.3 is 0 Å². The molecule has 0 saturated carbocycles. The van der Waals surface area contributed by atoms with E-state index in [0.717, 1.165) is 5.39 Å². The van der Waals surface area contributed by atoms with Crippen molar-refractivity contribution in [1.82, 2.24) is 9.66 Å². The zero-order valence-corrected chi connectivity index (χ0v) is 12.8. The van der Waals surface area contributed by atoms with Crippen molar-refractivity contribution in [2.24, 2.45) is 4.99 Å². The zero-order valence-electron chi connectivity index (χ0n) is 12.8. The molecule has 0 bridgehead atoms. The van der Waals surface area contributed by atoms with E-state index in [9.17, 15) is 15.3 Å². The summed E-state index contributed by atoms with van der Waals surface area (Å²) in [6.07, 6.45) is -1.52. The van der Waals surface area contributed by atoms with Gasteiger partial charge in [-0.25, -0.2) is 9.98 Å². The standard InChI is InChI=1S/C15H17N5O4/c1-15(23)12(22)9(5-21)24-13(15)8-4-7-2-3-10(16)19-14-11(7)20(8)18-6-17-14/h2-4,6,9,12-13,21-23H,5H2,1H3,(H2,16,17,18,19)/t9-,12-,13+,15-/m1/s1. The van der Waals surface area contributed by atoms with Crippen LogP contribution >= 0.6 is 0 Å². The lowest BCUT2D eigenvalue weighted by Crippen LogP contribution is -2.43. The first-order chi connectivity index (χ1) is 11.4. The number of aliphatic imine (C=N–C) groups is 1. The second kappa shape index (κ2) is 5.08. The third-order valence-corrected chi connectivity index (χ3v) is 4.53. The van der Waals surface area contributed by atoms with Gasteiger partial charge in [0, 0.05) is 5.39 Å².